The first-order chi connectivity index (χ1) is 11.8. The van der Waals surface area contributed by atoms with Crippen molar-refractivity contribution in [1.82, 2.24) is 15.1 Å². The summed E-state index contributed by atoms with van der Waals surface area (Å²) in [6.07, 6.45) is 0. The Balaban J connectivity index is 1.91. The van der Waals surface area contributed by atoms with E-state index in [1.165, 1.54) is 0 Å². The highest BCUT2D eigenvalue weighted by Gasteiger charge is 2.27. The average molecular weight is 358 g/mol. The fraction of sp³-hybridized carbons (Fsp3) is 0.500. The van der Waals surface area contributed by atoms with Crippen molar-refractivity contribution in [3.05, 3.63) is 29.6 Å². The standard InChI is InChI=1S/C16H21F3N4O2/c1-10(23-7-5-22(6-8-23)9-13(24)20-2)16(25)21-12-4-3-11(17)14(18)15(12)19/h3-4,10H,5-9H2,1-2H3,(H,20,24)(H,21,25)/t10-/m1/s1. The first-order valence-electron chi connectivity index (χ1n) is 7.94. The van der Waals surface area contributed by atoms with Crippen LogP contribution in [0.3, 0.4) is 0 Å². The van der Waals surface area contributed by atoms with E-state index < -0.39 is 35.1 Å². The van der Waals surface area contributed by atoms with Gasteiger partial charge in [0, 0.05) is 33.2 Å². The molecule has 1 saturated heterocycles. The lowest BCUT2D eigenvalue weighted by Gasteiger charge is -2.37. The maximum Gasteiger partial charge on any atom is 0.241 e. The first-order valence-corrected chi connectivity index (χ1v) is 7.94. The summed E-state index contributed by atoms with van der Waals surface area (Å²) >= 11 is 0. The number of piperazine rings is 1. The molecule has 2 amide bonds. The molecule has 1 atom stereocenters. The van der Waals surface area contributed by atoms with Crippen molar-refractivity contribution in [1.29, 1.82) is 0 Å². The number of nitrogens with zero attached hydrogens (tertiary/aromatic N) is 2. The number of anilines is 1. The molecule has 2 N–H and O–H groups in total. The van der Waals surface area contributed by atoms with Crippen LogP contribution in [0.4, 0.5) is 18.9 Å². The van der Waals surface area contributed by atoms with Gasteiger partial charge in [-0.15, -0.1) is 0 Å². The molecular weight excluding hydrogens is 337 g/mol. The molecule has 1 aliphatic heterocycles. The molecule has 2 rings (SSSR count). The number of halogens is 3. The fourth-order valence-electron chi connectivity index (χ4n) is 2.62. The van der Waals surface area contributed by atoms with Gasteiger partial charge in [0.25, 0.3) is 0 Å². The zero-order valence-electron chi connectivity index (χ0n) is 14.1. The monoisotopic (exact) mass is 358 g/mol. The summed E-state index contributed by atoms with van der Waals surface area (Å²) in [4.78, 5) is 27.5. The molecule has 0 spiro atoms. The highest BCUT2D eigenvalue weighted by atomic mass is 19.2. The highest BCUT2D eigenvalue weighted by molar-refractivity contribution is 5.94. The molecule has 1 aliphatic rings. The molecule has 9 heteroatoms. The average Bonchev–Trinajstić information content (AvgIpc) is 2.62. The summed E-state index contributed by atoms with van der Waals surface area (Å²) in [6.45, 7) is 4.30. The second-order valence-corrected chi connectivity index (χ2v) is 5.87. The van der Waals surface area contributed by atoms with Gasteiger partial charge in [0.05, 0.1) is 18.3 Å². The molecular formula is C16H21F3N4O2. The second-order valence-electron chi connectivity index (χ2n) is 5.87. The van der Waals surface area contributed by atoms with E-state index in [1.807, 2.05) is 9.80 Å². The lowest BCUT2D eigenvalue weighted by Crippen LogP contribution is -2.54. The van der Waals surface area contributed by atoms with E-state index in [1.54, 1.807) is 14.0 Å². The molecule has 0 bridgehead atoms. The Labute approximate surface area is 144 Å². The van der Waals surface area contributed by atoms with Gasteiger partial charge in [0.1, 0.15) is 0 Å². The minimum Gasteiger partial charge on any atom is -0.358 e. The van der Waals surface area contributed by atoms with Gasteiger partial charge >= 0.3 is 0 Å². The van der Waals surface area contributed by atoms with E-state index >= 15 is 0 Å². The third kappa shape index (κ3) is 4.70. The predicted molar refractivity (Wildman–Crippen MR) is 86.5 cm³/mol. The minimum atomic E-state index is -1.62. The highest BCUT2D eigenvalue weighted by Crippen LogP contribution is 2.20. The molecule has 1 heterocycles. The van der Waals surface area contributed by atoms with Crippen molar-refractivity contribution >= 4 is 17.5 Å². The number of carbonyl (C=O) groups excluding carboxylic acids is 2. The zero-order valence-corrected chi connectivity index (χ0v) is 14.1. The molecule has 0 aromatic heterocycles. The van der Waals surface area contributed by atoms with Gasteiger partial charge in [-0.3, -0.25) is 19.4 Å². The Bertz CT molecular complexity index is 649. The molecule has 6 nitrogen and oxygen atoms in total. The van der Waals surface area contributed by atoms with Crippen LogP contribution >= 0.6 is 0 Å². The van der Waals surface area contributed by atoms with E-state index in [4.69, 9.17) is 0 Å². The van der Waals surface area contributed by atoms with Crippen molar-refractivity contribution < 1.29 is 22.8 Å². The van der Waals surface area contributed by atoms with Crippen molar-refractivity contribution in [3.63, 3.8) is 0 Å². The normalized spacial score (nSPS) is 17.2. The van der Waals surface area contributed by atoms with E-state index in [-0.39, 0.29) is 5.91 Å². The summed E-state index contributed by atoms with van der Waals surface area (Å²) < 4.78 is 39.8. The van der Waals surface area contributed by atoms with Crippen LogP contribution in [-0.2, 0) is 9.59 Å². The van der Waals surface area contributed by atoms with E-state index in [2.05, 4.69) is 10.6 Å². The number of nitrogens with one attached hydrogen (secondary N) is 2. The van der Waals surface area contributed by atoms with Crippen molar-refractivity contribution in [3.8, 4) is 0 Å². The minimum absolute atomic E-state index is 0.0759. The summed E-state index contributed by atoms with van der Waals surface area (Å²) in [5.74, 6) is -4.93. The SMILES string of the molecule is CNC(=O)CN1CCN([C@H](C)C(=O)Nc2ccc(F)c(F)c2F)CC1. The predicted octanol–water partition coefficient (Wildman–Crippen LogP) is 0.794. The third-order valence-electron chi connectivity index (χ3n) is 4.27. The number of rotatable bonds is 5. The molecule has 0 aliphatic carbocycles. The maximum absolute atomic E-state index is 13.6. The van der Waals surface area contributed by atoms with Gasteiger partial charge in [-0.25, -0.2) is 13.2 Å². The third-order valence-corrected chi connectivity index (χ3v) is 4.27. The Hall–Kier alpha value is -2.13. The number of benzene rings is 1. The molecule has 0 radical (unpaired) electrons. The number of likely N-dealkylation sites (N-methyl/N-ethyl adjacent to an activating group) is 1. The Morgan fingerprint density at radius 2 is 1.76 bits per heavy atom. The second kappa shape index (κ2) is 8.30. The smallest absolute Gasteiger partial charge is 0.241 e. The van der Waals surface area contributed by atoms with Crippen LogP contribution in [0.15, 0.2) is 12.1 Å². The van der Waals surface area contributed by atoms with Crippen molar-refractivity contribution in [2.75, 3.05) is 45.1 Å². The molecule has 0 unspecified atom stereocenters. The number of hydrogen-bond acceptors (Lipinski definition) is 4. The number of carbonyl (C=O) groups is 2. The molecule has 1 fully saturated rings. The summed E-state index contributed by atoms with van der Waals surface area (Å²) in [5.41, 5.74) is -0.394. The van der Waals surface area contributed by atoms with Gasteiger partial charge in [-0.05, 0) is 19.1 Å². The summed E-state index contributed by atoms with van der Waals surface area (Å²) in [7, 11) is 1.57. The van der Waals surface area contributed by atoms with Gasteiger partial charge in [0.15, 0.2) is 17.5 Å². The molecule has 1 aromatic carbocycles. The number of hydrogen-bond donors (Lipinski definition) is 2. The van der Waals surface area contributed by atoms with Gasteiger partial charge < -0.3 is 10.6 Å². The van der Waals surface area contributed by atoms with Crippen LogP contribution in [0, 0.1) is 17.5 Å². The van der Waals surface area contributed by atoms with Crippen molar-refractivity contribution in [2.45, 2.75) is 13.0 Å². The largest absolute Gasteiger partial charge is 0.358 e. The van der Waals surface area contributed by atoms with Crippen LogP contribution in [0.2, 0.25) is 0 Å². The Morgan fingerprint density at radius 1 is 1.12 bits per heavy atom. The molecule has 1 aromatic rings. The van der Waals surface area contributed by atoms with Crippen LogP contribution < -0.4 is 10.6 Å². The van der Waals surface area contributed by atoms with E-state index in [9.17, 15) is 22.8 Å². The lowest BCUT2D eigenvalue weighted by molar-refractivity contribution is -0.124. The summed E-state index contributed by atoms with van der Waals surface area (Å²) in [5, 5.41) is 4.84. The Morgan fingerprint density at radius 3 is 2.36 bits per heavy atom. The molecule has 0 saturated carbocycles. The van der Waals surface area contributed by atoms with Gasteiger partial charge in [-0.1, -0.05) is 0 Å². The van der Waals surface area contributed by atoms with Crippen LogP contribution in [-0.4, -0.2) is 67.4 Å². The first kappa shape index (κ1) is 19.2. The van der Waals surface area contributed by atoms with Crippen molar-refractivity contribution in [2.24, 2.45) is 0 Å². The maximum atomic E-state index is 13.6. The van der Waals surface area contributed by atoms with Gasteiger partial charge in [-0.2, -0.15) is 0 Å². The van der Waals surface area contributed by atoms with E-state index in [0.29, 0.717) is 32.7 Å². The fourth-order valence-corrected chi connectivity index (χ4v) is 2.62. The van der Waals surface area contributed by atoms with E-state index in [0.717, 1.165) is 12.1 Å². The van der Waals surface area contributed by atoms with Crippen LogP contribution in [0.1, 0.15) is 6.92 Å². The molecule has 138 valence electrons. The molecule has 25 heavy (non-hydrogen) atoms. The summed E-state index contributed by atoms with van der Waals surface area (Å²) in [6, 6.07) is 1.17. The van der Waals surface area contributed by atoms with Crippen LogP contribution in [0.25, 0.3) is 0 Å². The van der Waals surface area contributed by atoms with Gasteiger partial charge in [0.2, 0.25) is 11.8 Å². The lowest BCUT2D eigenvalue weighted by atomic mass is 10.2. The quantitative estimate of drug-likeness (QED) is 0.764. The van der Waals surface area contributed by atoms with Crippen LogP contribution in [0.5, 0.6) is 0 Å². The zero-order chi connectivity index (χ0) is 18.6. The Kier molecular flexibility index (Phi) is 6.38. The topological polar surface area (TPSA) is 64.7 Å². The number of amides is 2.